The fourth-order valence-corrected chi connectivity index (χ4v) is 6.76. The molecule has 0 saturated heterocycles. The normalized spacial score (nSPS) is 13.3. The molecule has 0 rings (SSSR count). The van der Waals surface area contributed by atoms with Gasteiger partial charge in [-0.25, -0.2) is 0 Å². The van der Waals surface area contributed by atoms with E-state index in [4.69, 9.17) is 14.2 Å². The predicted molar refractivity (Wildman–Crippen MR) is 292 cm³/mol. The molecule has 0 aromatic rings. The molecule has 68 heavy (non-hydrogen) atoms. The number of hydrogen-bond acceptors (Lipinski definition) is 6. The molecule has 0 aromatic carbocycles. The van der Waals surface area contributed by atoms with Gasteiger partial charge < -0.3 is 14.2 Å². The number of ether oxygens (including phenoxy) is 3. The molecule has 380 valence electrons. The lowest BCUT2D eigenvalue weighted by atomic mass is 10.1. The van der Waals surface area contributed by atoms with Crippen molar-refractivity contribution < 1.29 is 28.6 Å². The maximum atomic E-state index is 12.8. The first kappa shape index (κ1) is 63.3. The molecule has 1 atom stereocenters. The predicted octanol–water partition coefficient (Wildman–Crippen LogP) is 18.0. The van der Waals surface area contributed by atoms with Gasteiger partial charge in [0.1, 0.15) is 13.2 Å². The van der Waals surface area contributed by atoms with Gasteiger partial charge in [-0.3, -0.25) is 14.4 Å². The van der Waals surface area contributed by atoms with Crippen LogP contribution in [0.2, 0.25) is 0 Å². The van der Waals surface area contributed by atoms with Gasteiger partial charge in [-0.1, -0.05) is 224 Å². The van der Waals surface area contributed by atoms with E-state index >= 15 is 0 Å². The average molecular weight is 937 g/mol. The molecule has 6 heteroatoms. The molecule has 0 aliphatic heterocycles. The van der Waals surface area contributed by atoms with Gasteiger partial charge in [0.25, 0.3) is 0 Å². The van der Waals surface area contributed by atoms with Gasteiger partial charge in [0.2, 0.25) is 0 Å². The van der Waals surface area contributed by atoms with Gasteiger partial charge >= 0.3 is 17.9 Å². The smallest absolute Gasteiger partial charge is 0.306 e. The highest BCUT2D eigenvalue weighted by atomic mass is 16.6. The standard InChI is InChI=1S/C62H96O6/c1-4-7-10-13-16-19-22-25-28-30-31-32-35-37-40-43-46-49-52-55-61(64)67-58-59(57-66-60(63)54-51-48-45-42-39-36-33-27-24-21-18-15-12-9-6-3)68-62(65)56-53-50-47-44-41-38-34-29-26-23-20-17-14-11-8-5-2/h7-12,15-21,24-29,31-33,36,39,59H,4-6,13-14,22-23,30,34-35,37-38,40-58H2,1-3H3/b10-7-,11-8-,12-9-,18-15-,19-16-,20-17-,24-21-,28-25-,29-26-,32-31-,33-27-,39-36-. The number of allylic oxidation sites excluding steroid dienone is 24. The number of esters is 3. The Labute approximate surface area is 417 Å². The second-order valence-electron chi connectivity index (χ2n) is 17.1. The monoisotopic (exact) mass is 937 g/mol. The summed E-state index contributed by atoms with van der Waals surface area (Å²) in [6.07, 6.45) is 78.3. The van der Waals surface area contributed by atoms with E-state index in [0.29, 0.717) is 19.3 Å². The van der Waals surface area contributed by atoms with E-state index in [1.165, 1.54) is 25.7 Å². The molecule has 0 saturated carbocycles. The first-order chi connectivity index (χ1) is 33.5. The Kier molecular flexibility index (Phi) is 51.1. The van der Waals surface area contributed by atoms with Crippen LogP contribution in [0.1, 0.15) is 207 Å². The quantitative estimate of drug-likeness (QED) is 0.0199. The Bertz CT molecular complexity index is 1540. The van der Waals surface area contributed by atoms with E-state index < -0.39 is 6.10 Å². The van der Waals surface area contributed by atoms with Crippen molar-refractivity contribution in [3.63, 3.8) is 0 Å². The average Bonchev–Trinajstić information content (AvgIpc) is 3.34. The van der Waals surface area contributed by atoms with Crippen LogP contribution >= 0.6 is 0 Å². The van der Waals surface area contributed by atoms with Crippen molar-refractivity contribution in [3.05, 3.63) is 146 Å². The van der Waals surface area contributed by atoms with Gasteiger partial charge in [-0.2, -0.15) is 0 Å². The summed E-state index contributed by atoms with van der Waals surface area (Å²) < 4.78 is 16.8. The van der Waals surface area contributed by atoms with Crippen LogP contribution in [0.4, 0.5) is 0 Å². The molecular formula is C62H96O6. The summed E-state index contributed by atoms with van der Waals surface area (Å²) >= 11 is 0. The zero-order valence-corrected chi connectivity index (χ0v) is 43.3. The Morgan fingerprint density at radius 2 is 0.603 bits per heavy atom. The minimum absolute atomic E-state index is 0.111. The second kappa shape index (κ2) is 54.9. The molecule has 0 heterocycles. The summed E-state index contributed by atoms with van der Waals surface area (Å²) in [5.74, 6) is -0.989. The molecule has 0 amide bonds. The zero-order valence-electron chi connectivity index (χ0n) is 43.3. The van der Waals surface area contributed by atoms with Gasteiger partial charge in [-0.15, -0.1) is 0 Å². The van der Waals surface area contributed by atoms with Crippen LogP contribution in [0, 0.1) is 0 Å². The Morgan fingerprint density at radius 3 is 1.01 bits per heavy atom. The highest BCUT2D eigenvalue weighted by Crippen LogP contribution is 2.13. The molecule has 0 aliphatic carbocycles. The molecule has 0 radical (unpaired) electrons. The van der Waals surface area contributed by atoms with Crippen molar-refractivity contribution in [2.24, 2.45) is 0 Å². The molecule has 0 bridgehead atoms. The maximum Gasteiger partial charge on any atom is 0.306 e. The van der Waals surface area contributed by atoms with E-state index in [-0.39, 0.29) is 31.1 Å². The van der Waals surface area contributed by atoms with Crippen LogP contribution in [0.5, 0.6) is 0 Å². The number of carbonyl (C=O) groups is 3. The third-order valence-corrected chi connectivity index (χ3v) is 10.7. The summed E-state index contributed by atoms with van der Waals surface area (Å²) in [5, 5.41) is 0. The second-order valence-corrected chi connectivity index (χ2v) is 17.1. The van der Waals surface area contributed by atoms with Gasteiger partial charge in [-0.05, 0) is 109 Å². The van der Waals surface area contributed by atoms with Crippen LogP contribution in [-0.4, -0.2) is 37.2 Å². The van der Waals surface area contributed by atoms with Crippen molar-refractivity contribution in [1.82, 2.24) is 0 Å². The number of unbranched alkanes of at least 4 members (excludes halogenated alkanes) is 15. The molecule has 0 N–H and O–H groups in total. The van der Waals surface area contributed by atoms with Crippen molar-refractivity contribution in [3.8, 4) is 0 Å². The lowest BCUT2D eigenvalue weighted by Gasteiger charge is -2.18. The lowest BCUT2D eigenvalue weighted by molar-refractivity contribution is -0.167. The Balaban J connectivity index is 4.53. The summed E-state index contributed by atoms with van der Waals surface area (Å²) in [6, 6.07) is 0. The molecule has 6 nitrogen and oxygen atoms in total. The van der Waals surface area contributed by atoms with E-state index in [0.717, 1.165) is 141 Å². The first-order valence-electron chi connectivity index (χ1n) is 26.9. The highest BCUT2D eigenvalue weighted by molar-refractivity contribution is 5.71. The van der Waals surface area contributed by atoms with Crippen LogP contribution in [0.25, 0.3) is 0 Å². The largest absolute Gasteiger partial charge is 0.462 e. The highest BCUT2D eigenvalue weighted by Gasteiger charge is 2.19. The number of hydrogen-bond donors (Lipinski definition) is 0. The fourth-order valence-electron chi connectivity index (χ4n) is 6.76. The van der Waals surface area contributed by atoms with Crippen molar-refractivity contribution in [2.45, 2.75) is 213 Å². The van der Waals surface area contributed by atoms with E-state index in [9.17, 15) is 14.4 Å². The molecule has 0 aliphatic rings. The molecule has 0 spiro atoms. The van der Waals surface area contributed by atoms with Crippen LogP contribution in [-0.2, 0) is 28.6 Å². The van der Waals surface area contributed by atoms with Crippen molar-refractivity contribution >= 4 is 17.9 Å². The molecule has 0 fully saturated rings. The maximum absolute atomic E-state index is 12.8. The molecule has 1 unspecified atom stereocenters. The van der Waals surface area contributed by atoms with Crippen LogP contribution in [0.15, 0.2) is 146 Å². The van der Waals surface area contributed by atoms with E-state index in [1.54, 1.807) is 0 Å². The van der Waals surface area contributed by atoms with Crippen LogP contribution in [0.3, 0.4) is 0 Å². The van der Waals surface area contributed by atoms with E-state index in [2.05, 4.69) is 118 Å². The van der Waals surface area contributed by atoms with Gasteiger partial charge in [0.05, 0.1) is 0 Å². The summed E-state index contributed by atoms with van der Waals surface area (Å²) in [5.41, 5.74) is 0. The first-order valence-corrected chi connectivity index (χ1v) is 26.9. The van der Waals surface area contributed by atoms with Gasteiger partial charge in [0, 0.05) is 19.3 Å². The summed E-state index contributed by atoms with van der Waals surface area (Å²) in [7, 11) is 0. The van der Waals surface area contributed by atoms with Crippen molar-refractivity contribution in [1.29, 1.82) is 0 Å². The summed E-state index contributed by atoms with van der Waals surface area (Å²) in [6.45, 7) is 6.19. The molecular weight excluding hydrogens is 841 g/mol. The SMILES string of the molecule is CC\C=C/C=C\C=C/C=C\C=C/CCCCCC(=O)OCC(COC(=O)CCCCCCCC/C=C\C/C=C\C/C=C\C/C=C\CC)OC(=O)CCCCCCCC/C=C\C/C=C\C/C=C\CC. The minimum atomic E-state index is -0.816. The van der Waals surface area contributed by atoms with Gasteiger partial charge in [0.15, 0.2) is 6.10 Å². The number of rotatable bonds is 46. The number of carbonyl (C=O) groups excluding carboxylic acids is 3. The Morgan fingerprint density at radius 1 is 0.309 bits per heavy atom. The van der Waals surface area contributed by atoms with Crippen LogP contribution < -0.4 is 0 Å². The summed E-state index contributed by atoms with van der Waals surface area (Å²) in [4.78, 5) is 38.1. The zero-order chi connectivity index (χ0) is 49.3. The fraction of sp³-hybridized carbons (Fsp3) is 0.565. The topological polar surface area (TPSA) is 78.9 Å². The van der Waals surface area contributed by atoms with E-state index in [1.807, 2.05) is 48.6 Å². The third-order valence-electron chi connectivity index (χ3n) is 10.7. The third kappa shape index (κ3) is 52.3. The Hall–Kier alpha value is -4.71. The minimum Gasteiger partial charge on any atom is -0.462 e. The molecule has 0 aromatic heterocycles. The lowest BCUT2D eigenvalue weighted by Crippen LogP contribution is -2.30. The van der Waals surface area contributed by atoms with Crippen molar-refractivity contribution in [2.75, 3.05) is 13.2 Å².